The van der Waals surface area contributed by atoms with E-state index in [2.05, 4.69) is 9.97 Å². The molecule has 2 aromatic carbocycles. The molecule has 0 bridgehead atoms. The molecular formula is C19H18N4O3. The Bertz CT molecular complexity index is 1140. The SMILES string of the molecule is Nc1cc2c(c3ccccc13)c1cncnc1n2[C@H]1C[C@H](O)[C@@H](CO)O1. The smallest absolute Gasteiger partial charge is 0.146 e. The molecule has 0 spiro atoms. The standard InChI is InChI=1S/C19H18N4O3/c20-13-5-14-18(11-4-2-1-3-10(11)13)12-7-21-9-22-19(12)23(14)17-6-15(25)16(8-24)26-17/h1-5,7,9,15-17,24-25H,6,8,20H2/t15-,16+,17+/m0/s1. The van der Waals surface area contributed by atoms with E-state index < -0.39 is 18.4 Å². The molecule has 3 atom stereocenters. The van der Waals surface area contributed by atoms with Crippen molar-refractivity contribution < 1.29 is 14.9 Å². The summed E-state index contributed by atoms with van der Waals surface area (Å²) in [6, 6.07) is 9.88. The number of ether oxygens (including phenoxy) is 1. The third-order valence-corrected chi connectivity index (χ3v) is 5.18. The second-order valence-electron chi connectivity index (χ2n) is 6.65. The monoisotopic (exact) mass is 350 g/mol. The molecule has 0 aliphatic carbocycles. The number of hydrogen-bond donors (Lipinski definition) is 3. The number of aliphatic hydroxyl groups is 2. The third-order valence-electron chi connectivity index (χ3n) is 5.18. The van der Waals surface area contributed by atoms with Crippen molar-refractivity contribution in [1.29, 1.82) is 0 Å². The Balaban J connectivity index is 1.88. The van der Waals surface area contributed by atoms with Gasteiger partial charge in [0.15, 0.2) is 0 Å². The molecule has 26 heavy (non-hydrogen) atoms. The summed E-state index contributed by atoms with van der Waals surface area (Å²) in [6.07, 6.45) is 1.90. The largest absolute Gasteiger partial charge is 0.398 e. The Morgan fingerprint density at radius 1 is 1.23 bits per heavy atom. The molecule has 1 aliphatic heterocycles. The number of rotatable bonds is 2. The van der Waals surface area contributed by atoms with Crippen LogP contribution in [0, 0.1) is 0 Å². The lowest BCUT2D eigenvalue weighted by molar-refractivity contribution is -0.0417. The van der Waals surface area contributed by atoms with Crippen molar-refractivity contribution in [2.75, 3.05) is 12.3 Å². The predicted octanol–water partition coefficient (Wildman–Crippen LogP) is 1.96. The topological polar surface area (TPSA) is 106 Å². The van der Waals surface area contributed by atoms with Crippen LogP contribution in [0.3, 0.4) is 0 Å². The van der Waals surface area contributed by atoms with Crippen LogP contribution in [0.15, 0.2) is 42.9 Å². The minimum atomic E-state index is -0.725. The van der Waals surface area contributed by atoms with Crippen molar-refractivity contribution in [2.45, 2.75) is 24.9 Å². The van der Waals surface area contributed by atoms with Crippen LogP contribution in [0.2, 0.25) is 0 Å². The van der Waals surface area contributed by atoms with Crippen molar-refractivity contribution in [1.82, 2.24) is 14.5 Å². The lowest BCUT2D eigenvalue weighted by Gasteiger charge is -2.16. The van der Waals surface area contributed by atoms with E-state index in [0.29, 0.717) is 12.1 Å². The minimum absolute atomic E-state index is 0.227. The summed E-state index contributed by atoms with van der Waals surface area (Å²) in [4.78, 5) is 8.65. The highest BCUT2D eigenvalue weighted by Gasteiger charge is 2.36. The number of nitrogens with two attached hydrogens (primary N) is 1. The average Bonchev–Trinajstić information content (AvgIpc) is 3.19. The Morgan fingerprint density at radius 2 is 2.04 bits per heavy atom. The van der Waals surface area contributed by atoms with Crippen LogP contribution >= 0.6 is 0 Å². The summed E-state index contributed by atoms with van der Waals surface area (Å²) in [7, 11) is 0. The van der Waals surface area contributed by atoms with Gasteiger partial charge in [-0.15, -0.1) is 0 Å². The van der Waals surface area contributed by atoms with E-state index in [-0.39, 0.29) is 6.61 Å². The maximum absolute atomic E-state index is 10.2. The molecule has 1 fully saturated rings. The van der Waals surface area contributed by atoms with Gasteiger partial charge in [-0.1, -0.05) is 24.3 Å². The van der Waals surface area contributed by atoms with E-state index in [1.54, 1.807) is 6.20 Å². The molecule has 132 valence electrons. The zero-order valence-electron chi connectivity index (χ0n) is 13.9. The zero-order chi connectivity index (χ0) is 17.8. The second kappa shape index (κ2) is 5.63. The van der Waals surface area contributed by atoms with Crippen LogP contribution in [0.4, 0.5) is 5.69 Å². The number of fused-ring (bicyclic) bond motifs is 5. The highest BCUT2D eigenvalue weighted by Crippen LogP contribution is 2.41. The van der Waals surface area contributed by atoms with Crippen molar-refractivity contribution >= 4 is 38.4 Å². The Kier molecular flexibility index (Phi) is 3.36. The number of aromatic nitrogens is 3. The summed E-state index contributed by atoms with van der Waals surface area (Å²) >= 11 is 0. The first-order valence-electron chi connectivity index (χ1n) is 8.54. The van der Waals surface area contributed by atoms with E-state index in [1.165, 1.54) is 6.33 Å². The summed E-state index contributed by atoms with van der Waals surface area (Å²) in [5.41, 5.74) is 8.59. The number of hydrogen-bond acceptors (Lipinski definition) is 6. The van der Waals surface area contributed by atoms with Crippen LogP contribution in [0.25, 0.3) is 32.7 Å². The van der Waals surface area contributed by atoms with Gasteiger partial charge in [-0.2, -0.15) is 0 Å². The van der Waals surface area contributed by atoms with Crippen LogP contribution in [-0.2, 0) is 4.74 Å². The summed E-state index contributed by atoms with van der Waals surface area (Å²) < 4.78 is 7.85. The molecule has 7 nitrogen and oxygen atoms in total. The highest BCUT2D eigenvalue weighted by atomic mass is 16.5. The van der Waals surface area contributed by atoms with Crippen molar-refractivity contribution in [3.8, 4) is 0 Å². The fourth-order valence-electron chi connectivity index (χ4n) is 4.00. The van der Waals surface area contributed by atoms with E-state index >= 15 is 0 Å². The second-order valence-corrected chi connectivity index (χ2v) is 6.65. The van der Waals surface area contributed by atoms with Crippen LogP contribution in [0.5, 0.6) is 0 Å². The molecule has 0 saturated carbocycles. The number of aliphatic hydroxyl groups excluding tert-OH is 2. The highest BCUT2D eigenvalue weighted by molar-refractivity contribution is 6.22. The van der Waals surface area contributed by atoms with E-state index in [0.717, 1.165) is 32.7 Å². The van der Waals surface area contributed by atoms with Crippen LogP contribution in [-0.4, -0.2) is 43.6 Å². The van der Waals surface area contributed by atoms with Gasteiger partial charge in [-0.3, -0.25) is 4.57 Å². The predicted molar refractivity (Wildman–Crippen MR) is 98.6 cm³/mol. The van der Waals surface area contributed by atoms with Gasteiger partial charge in [0.1, 0.15) is 24.3 Å². The summed E-state index contributed by atoms with van der Waals surface area (Å²) in [6.45, 7) is -0.227. The molecule has 4 N–H and O–H groups in total. The lowest BCUT2D eigenvalue weighted by Crippen LogP contribution is -2.24. The fraction of sp³-hybridized carbons (Fsp3) is 0.263. The number of anilines is 1. The van der Waals surface area contributed by atoms with Crippen molar-refractivity contribution in [3.05, 3.63) is 42.9 Å². The molecule has 0 unspecified atom stereocenters. The molecule has 0 amide bonds. The van der Waals surface area contributed by atoms with Crippen LogP contribution < -0.4 is 5.73 Å². The molecule has 1 saturated heterocycles. The third kappa shape index (κ3) is 2.05. The quantitative estimate of drug-likeness (QED) is 0.477. The molecular weight excluding hydrogens is 332 g/mol. The molecule has 3 heterocycles. The maximum atomic E-state index is 10.2. The molecule has 4 aromatic rings. The molecule has 1 aliphatic rings. The van der Waals surface area contributed by atoms with E-state index in [9.17, 15) is 10.2 Å². The summed E-state index contributed by atoms with van der Waals surface area (Å²) in [5, 5.41) is 23.5. The maximum Gasteiger partial charge on any atom is 0.146 e. The molecule has 7 heteroatoms. The average molecular weight is 350 g/mol. The van der Waals surface area contributed by atoms with Gasteiger partial charge < -0.3 is 20.7 Å². The molecule has 5 rings (SSSR count). The van der Waals surface area contributed by atoms with Gasteiger partial charge in [0.25, 0.3) is 0 Å². The lowest BCUT2D eigenvalue weighted by atomic mass is 10.0. The zero-order valence-corrected chi connectivity index (χ0v) is 13.9. The molecule has 2 aromatic heterocycles. The first-order valence-corrected chi connectivity index (χ1v) is 8.54. The van der Waals surface area contributed by atoms with Gasteiger partial charge in [0.2, 0.25) is 0 Å². The van der Waals surface area contributed by atoms with Gasteiger partial charge in [0.05, 0.1) is 18.2 Å². The van der Waals surface area contributed by atoms with Gasteiger partial charge in [-0.05, 0) is 11.5 Å². The van der Waals surface area contributed by atoms with Crippen molar-refractivity contribution in [3.63, 3.8) is 0 Å². The number of benzene rings is 2. The normalized spacial score (nSPS) is 23.4. The van der Waals surface area contributed by atoms with Gasteiger partial charge in [0, 0.05) is 34.5 Å². The summed E-state index contributed by atoms with van der Waals surface area (Å²) in [5.74, 6) is 0. The Morgan fingerprint density at radius 3 is 2.81 bits per heavy atom. The van der Waals surface area contributed by atoms with Gasteiger partial charge >= 0.3 is 0 Å². The van der Waals surface area contributed by atoms with E-state index in [4.69, 9.17) is 10.5 Å². The fourth-order valence-corrected chi connectivity index (χ4v) is 4.00. The van der Waals surface area contributed by atoms with E-state index in [1.807, 2.05) is 34.9 Å². The first-order chi connectivity index (χ1) is 12.7. The number of nitrogens with zero attached hydrogens (tertiary/aromatic N) is 3. The Hall–Kier alpha value is -2.74. The van der Waals surface area contributed by atoms with Gasteiger partial charge in [-0.25, -0.2) is 9.97 Å². The Labute approximate surface area is 148 Å². The minimum Gasteiger partial charge on any atom is -0.398 e. The number of nitrogen functional groups attached to an aromatic ring is 1. The molecule has 0 radical (unpaired) electrons. The van der Waals surface area contributed by atoms with Crippen LogP contribution in [0.1, 0.15) is 12.6 Å². The van der Waals surface area contributed by atoms with Crippen molar-refractivity contribution in [2.24, 2.45) is 0 Å². The first kappa shape index (κ1) is 15.5.